The summed E-state index contributed by atoms with van der Waals surface area (Å²) in [5.74, 6) is -2.14. The number of hydrogen-bond acceptors (Lipinski definition) is 6. The molecule has 0 saturated carbocycles. The zero-order valence-corrected chi connectivity index (χ0v) is 19.1. The van der Waals surface area contributed by atoms with Gasteiger partial charge in [-0.1, -0.05) is 29.3 Å². The number of hydrogen-bond donors (Lipinski definition) is 2. The van der Waals surface area contributed by atoms with Crippen molar-refractivity contribution in [3.63, 3.8) is 0 Å². The topological polar surface area (TPSA) is 128 Å². The van der Waals surface area contributed by atoms with Crippen LogP contribution in [0.25, 0.3) is 6.08 Å². The summed E-state index contributed by atoms with van der Waals surface area (Å²) in [5.41, 5.74) is 5.87. The van der Waals surface area contributed by atoms with Crippen LogP contribution in [0, 0.1) is 6.92 Å². The highest BCUT2D eigenvalue weighted by Crippen LogP contribution is 2.38. The molecule has 1 heterocycles. The Balaban J connectivity index is 2.04. The van der Waals surface area contributed by atoms with E-state index < -0.39 is 30.4 Å². The van der Waals surface area contributed by atoms with Gasteiger partial charge in [-0.3, -0.25) is 19.7 Å². The molecule has 0 radical (unpaired) electrons. The highest BCUT2D eigenvalue weighted by molar-refractivity contribution is 6.40. The highest BCUT2D eigenvalue weighted by Gasteiger charge is 2.37. The number of ether oxygens (including phenoxy) is 2. The summed E-state index contributed by atoms with van der Waals surface area (Å²) >= 11 is 12.4. The fourth-order valence-electron chi connectivity index (χ4n) is 3.10. The summed E-state index contributed by atoms with van der Waals surface area (Å²) in [6, 6.07) is 6.75. The molecule has 3 N–H and O–H groups in total. The van der Waals surface area contributed by atoms with E-state index in [0.717, 1.165) is 4.90 Å². The smallest absolute Gasteiger partial charge is 0.335 e. The number of primary amides is 1. The van der Waals surface area contributed by atoms with Gasteiger partial charge in [-0.2, -0.15) is 0 Å². The number of rotatable bonds is 7. The highest BCUT2D eigenvalue weighted by atomic mass is 35.5. The fraction of sp³-hybridized carbons (Fsp3) is 0.182. The molecule has 2 aromatic rings. The first-order valence-corrected chi connectivity index (χ1v) is 10.4. The summed E-state index contributed by atoms with van der Waals surface area (Å²) < 4.78 is 10.8. The van der Waals surface area contributed by atoms with E-state index in [2.05, 4.69) is 5.32 Å². The van der Waals surface area contributed by atoms with Gasteiger partial charge in [0.1, 0.15) is 5.57 Å². The van der Waals surface area contributed by atoms with Crippen LogP contribution in [-0.2, 0) is 14.4 Å². The molecule has 9 nitrogen and oxygen atoms in total. The third-order valence-electron chi connectivity index (χ3n) is 4.58. The largest absolute Gasteiger partial charge is 0.490 e. The van der Waals surface area contributed by atoms with E-state index in [1.807, 2.05) is 0 Å². The van der Waals surface area contributed by atoms with Gasteiger partial charge in [-0.15, -0.1) is 0 Å². The lowest BCUT2D eigenvalue weighted by molar-refractivity contribution is -0.123. The number of nitrogens with one attached hydrogen (secondary N) is 1. The molecule has 1 aliphatic rings. The minimum absolute atomic E-state index is 0.0661. The van der Waals surface area contributed by atoms with Crippen LogP contribution >= 0.6 is 23.2 Å². The van der Waals surface area contributed by atoms with Crippen molar-refractivity contribution in [1.29, 1.82) is 0 Å². The molecular formula is C22H19Cl2N3O6. The van der Waals surface area contributed by atoms with Crippen LogP contribution in [0.2, 0.25) is 10.0 Å². The number of benzene rings is 2. The van der Waals surface area contributed by atoms with Crippen LogP contribution < -0.4 is 25.4 Å². The number of barbiturate groups is 1. The Morgan fingerprint density at radius 1 is 1.15 bits per heavy atom. The van der Waals surface area contributed by atoms with Crippen LogP contribution in [-0.4, -0.2) is 37.0 Å². The first-order chi connectivity index (χ1) is 15.6. The number of nitrogens with two attached hydrogens (primary N) is 1. The van der Waals surface area contributed by atoms with Gasteiger partial charge in [0.2, 0.25) is 0 Å². The number of carbonyl (C=O) groups excluding carboxylic acids is 4. The van der Waals surface area contributed by atoms with Crippen molar-refractivity contribution in [3.8, 4) is 11.5 Å². The van der Waals surface area contributed by atoms with Crippen molar-refractivity contribution in [1.82, 2.24) is 5.32 Å². The number of imide groups is 2. The maximum absolute atomic E-state index is 13.1. The Kier molecular flexibility index (Phi) is 7.25. The van der Waals surface area contributed by atoms with Crippen LogP contribution in [0.3, 0.4) is 0 Å². The molecule has 172 valence electrons. The molecule has 0 aliphatic carbocycles. The predicted octanol–water partition coefficient (Wildman–Crippen LogP) is 3.23. The Hall–Kier alpha value is -3.56. The molecule has 1 saturated heterocycles. The molecule has 1 aliphatic heterocycles. The third kappa shape index (κ3) is 5.10. The van der Waals surface area contributed by atoms with Crippen molar-refractivity contribution in [2.45, 2.75) is 13.8 Å². The molecule has 0 spiro atoms. The monoisotopic (exact) mass is 491 g/mol. The Morgan fingerprint density at radius 2 is 1.88 bits per heavy atom. The third-order valence-corrected chi connectivity index (χ3v) is 5.27. The number of carbonyl (C=O) groups is 4. The van der Waals surface area contributed by atoms with Crippen molar-refractivity contribution in [3.05, 3.63) is 57.1 Å². The van der Waals surface area contributed by atoms with Crippen molar-refractivity contribution in [2.75, 3.05) is 18.1 Å². The summed E-state index contributed by atoms with van der Waals surface area (Å²) in [4.78, 5) is 50.0. The molecule has 3 rings (SSSR count). The van der Waals surface area contributed by atoms with E-state index in [1.54, 1.807) is 32.0 Å². The second kappa shape index (κ2) is 9.93. The van der Waals surface area contributed by atoms with Gasteiger partial charge in [-0.05, 0) is 55.3 Å². The minimum Gasteiger partial charge on any atom is -0.490 e. The van der Waals surface area contributed by atoms with E-state index in [-0.39, 0.29) is 34.4 Å². The second-order valence-corrected chi connectivity index (χ2v) is 7.67. The van der Waals surface area contributed by atoms with E-state index in [0.29, 0.717) is 16.1 Å². The maximum atomic E-state index is 13.1. The molecule has 2 aromatic carbocycles. The fourth-order valence-corrected chi connectivity index (χ4v) is 3.54. The van der Waals surface area contributed by atoms with E-state index >= 15 is 0 Å². The quantitative estimate of drug-likeness (QED) is 0.451. The summed E-state index contributed by atoms with van der Waals surface area (Å²) in [6.45, 7) is 3.21. The average molecular weight is 492 g/mol. The first kappa shape index (κ1) is 24.1. The van der Waals surface area contributed by atoms with Gasteiger partial charge in [0.15, 0.2) is 18.1 Å². The van der Waals surface area contributed by atoms with Crippen LogP contribution in [0.15, 0.2) is 35.9 Å². The Morgan fingerprint density at radius 3 is 2.55 bits per heavy atom. The molecule has 5 amide bonds. The first-order valence-electron chi connectivity index (χ1n) is 9.68. The van der Waals surface area contributed by atoms with Gasteiger partial charge in [0, 0.05) is 5.02 Å². The Labute approximate surface area is 199 Å². The van der Waals surface area contributed by atoms with E-state index in [4.69, 9.17) is 38.4 Å². The number of anilines is 1. The summed E-state index contributed by atoms with van der Waals surface area (Å²) in [7, 11) is 0. The van der Waals surface area contributed by atoms with Gasteiger partial charge in [0.25, 0.3) is 17.7 Å². The van der Waals surface area contributed by atoms with Gasteiger partial charge in [0.05, 0.1) is 17.3 Å². The lowest BCUT2D eigenvalue weighted by Gasteiger charge is -2.27. The zero-order chi connectivity index (χ0) is 24.3. The standard InChI is InChI=1S/C22H19Cl2N3O6/c1-3-32-17-9-12(8-15(24)19(17)33-10-18(25)28)7-13-20(29)26-22(31)27(21(13)30)16-6-4-5-14(23)11(16)2/h4-9H,3,10H2,1-2H3,(H2,25,28)(H,26,29,31)/b13-7+. The van der Waals surface area contributed by atoms with E-state index in [9.17, 15) is 19.2 Å². The average Bonchev–Trinajstić information content (AvgIpc) is 2.73. The van der Waals surface area contributed by atoms with Crippen LogP contribution in [0.1, 0.15) is 18.1 Å². The number of urea groups is 1. The molecule has 0 unspecified atom stereocenters. The predicted molar refractivity (Wildman–Crippen MR) is 123 cm³/mol. The molecule has 0 atom stereocenters. The SMILES string of the molecule is CCOc1cc(/C=C2\C(=O)NC(=O)N(c3cccc(Cl)c3C)C2=O)cc(Cl)c1OCC(N)=O. The summed E-state index contributed by atoms with van der Waals surface area (Å²) in [5, 5.41) is 2.57. The number of amides is 5. The molecule has 0 bridgehead atoms. The lowest BCUT2D eigenvalue weighted by Crippen LogP contribution is -2.54. The van der Waals surface area contributed by atoms with E-state index in [1.165, 1.54) is 18.2 Å². The molecule has 11 heteroatoms. The zero-order valence-electron chi connectivity index (χ0n) is 17.6. The summed E-state index contributed by atoms with van der Waals surface area (Å²) in [6.07, 6.45) is 1.27. The minimum atomic E-state index is -0.893. The van der Waals surface area contributed by atoms with Crippen molar-refractivity contribution in [2.24, 2.45) is 5.73 Å². The van der Waals surface area contributed by atoms with Crippen molar-refractivity contribution >= 4 is 58.7 Å². The molecule has 33 heavy (non-hydrogen) atoms. The number of halogens is 2. The Bertz CT molecular complexity index is 1190. The van der Waals surface area contributed by atoms with Gasteiger partial charge < -0.3 is 15.2 Å². The molecule has 1 fully saturated rings. The van der Waals surface area contributed by atoms with Gasteiger partial charge in [-0.25, -0.2) is 9.69 Å². The molecular weight excluding hydrogens is 473 g/mol. The molecule has 0 aromatic heterocycles. The van der Waals surface area contributed by atoms with Crippen LogP contribution in [0.4, 0.5) is 10.5 Å². The number of nitrogens with zero attached hydrogens (tertiary/aromatic N) is 1. The second-order valence-electron chi connectivity index (χ2n) is 6.86. The lowest BCUT2D eigenvalue weighted by atomic mass is 10.1. The van der Waals surface area contributed by atoms with Crippen molar-refractivity contribution < 1.29 is 28.7 Å². The maximum Gasteiger partial charge on any atom is 0.335 e. The normalized spacial score (nSPS) is 15.0. The van der Waals surface area contributed by atoms with Crippen LogP contribution in [0.5, 0.6) is 11.5 Å². The van der Waals surface area contributed by atoms with Gasteiger partial charge >= 0.3 is 6.03 Å².